The number of thioether (sulfide) groups is 1. The molecule has 3 rings (SSSR count). The Hall–Kier alpha value is -3.04. The van der Waals surface area contributed by atoms with Gasteiger partial charge in [0.05, 0.1) is 5.25 Å². The lowest BCUT2D eigenvalue weighted by molar-refractivity contribution is -0.117. The van der Waals surface area contributed by atoms with Crippen LogP contribution in [0.1, 0.15) is 30.0 Å². The Morgan fingerprint density at radius 2 is 1.83 bits per heavy atom. The Morgan fingerprint density at radius 3 is 2.41 bits per heavy atom. The van der Waals surface area contributed by atoms with E-state index in [9.17, 15) is 14.9 Å². The summed E-state index contributed by atoms with van der Waals surface area (Å²) >= 11 is 1.28. The lowest BCUT2D eigenvalue weighted by Crippen LogP contribution is -2.30. The van der Waals surface area contributed by atoms with Crippen molar-refractivity contribution in [3.8, 4) is 6.07 Å². The van der Waals surface area contributed by atoms with E-state index in [4.69, 9.17) is 0 Å². The van der Waals surface area contributed by atoms with Gasteiger partial charge in [0, 0.05) is 11.4 Å². The molecule has 1 aliphatic rings. The first-order valence-electron chi connectivity index (χ1n) is 9.46. The predicted octanol–water partition coefficient (Wildman–Crippen LogP) is 4.84. The van der Waals surface area contributed by atoms with Gasteiger partial charge in [-0.25, -0.2) is 0 Å². The van der Waals surface area contributed by atoms with Crippen molar-refractivity contribution >= 4 is 35.0 Å². The van der Waals surface area contributed by atoms with Gasteiger partial charge >= 0.3 is 0 Å². The molecule has 0 saturated carbocycles. The smallest absolute Gasteiger partial charge is 0.269 e. The van der Waals surface area contributed by atoms with E-state index in [1.54, 1.807) is 12.1 Å². The fraction of sp³-hybridized carbons (Fsp3) is 0.261. The third-order valence-electron chi connectivity index (χ3n) is 4.93. The molecular weight excluding hydrogens is 382 g/mol. The standard InChI is InChI=1S/C23H23N3O2S/c1-5-20-22(28)26(18-11-8-15(3)16(4)12-18)23(29-20)19(13-24)21(27)25-17-9-6-14(2)7-10-17/h6-12,20H,5H2,1-4H3,(H,25,27)/b23-19-. The Labute approximate surface area is 175 Å². The third-order valence-corrected chi connectivity index (χ3v) is 6.36. The van der Waals surface area contributed by atoms with Gasteiger partial charge in [-0.15, -0.1) is 0 Å². The SMILES string of the molecule is CCC1S/C(=C(/C#N)C(=O)Nc2ccc(C)cc2)N(c2ccc(C)c(C)c2)C1=O. The zero-order valence-electron chi connectivity index (χ0n) is 16.9. The Morgan fingerprint density at radius 1 is 1.14 bits per heavy atom. The minimum atomic E-state index is -0.516. The molecule has 0 aromatic heterocycles. The van der Waals surface area contributed by atoms with Crippen molar-refractivity contribution in [1.29, 1.82) is 5.26 Å². The fourth-order valence-electron chi connectivity index (χ4n) is 3.05. The van der Waals surface area contributed by atoms with Crippen molar-refractivity contribution in [2.24, 2.45) is 0 Å². The number of anilines is 2. The van der Waals surface area contributed by atoms with Gasteiger partial charge in [-0.2, -0.15) is 5.26 Å². The minimum absolute atomic E-state index is 0.0573. The molecule has 1 N–H and O–H groups in total. The van der Waals surface area contributed by atoms with E-state index in [-0.39, 0.29) is 16.7 Å². The zero-order chi connectivity index (χ0) is 21.1. The summed E-state index contributed by atoms with van der Waals surface area (Å²) in [6, 6.07) is 15.1. The highest BCUT2D eigenvalue weighted by molar-refractivity contribution is 8.05. The molecule has 1 unspecified atom stereocenters. The quantitative estimate of drug-likeness (QED) is 0.583. The monoisotopic (exact) mass is 405 g/mol. The summed E-state index contributed by atoms with van der Waals surface area (Å²) in [5.41, 5.74) is 4.45. The van der Waals surface area contributed by atoms with Crippen molar-refractivity contribution in [1.82, 2.24) is 0 Å². The molecule has 2 aromatic rings. The number of benzene rings is 2. The van der Waals surface area contributed by atoms with E-state index in [1.807, 2.05) is 64.1 Å². The van der Waals surface area contributed by atoms with Gasteiger partial charge in [-0.3, -0.25) is 14.5 Å². The molecule has 29 heavy (non-hydrogen) atoms. The maximum Gasteiger partial charge on any atom is 0.269 e. The molecule has 1 heterocycles. The highest BCUT2D eigenvalue weighted by Gasteiger charge is 2.39. The molecule has 0 bridgehead atoms. The van der Waals surface area contributed by atoms with E-state index < -0.39 is 5.91 Å². The molecule has 2 amide bonds. The molecule has 5 nitrogen and oxygen atoms in total. The van der Waals surface area contributed by atoms with Crippen molar-refractivity contribution in [2.75, 3.05) is 10.2 Å². The van der Waals surface area contributed by atoms with Crippen LogP contribution >= 0.6 is 11.8 Å². The number of amides is 2. The first kappa shape index (κ1) is 20.7. The van der Waals surface area contributed by atoms with Gasteiger partial charge < -0.3 is 5.32 Å². The second-order valence-corrected chi connectivity index (χ2v) is 8.26. The second kappa shape index (κ2) is 8.54. The zero-order valence-corrected chi connectivity index (χ0v) is 17.8. The predicted molar refractivity (Wildman–Crippen MR) is 118 cm³/mol. The molecule has 0 aliphatic carbocycles. The molecule has 1 saturated heterocycles. The van der Waals surface area contributed by atoms with Crippen LogP contribution in [-0.2, 0) is 9.59 Å². The lowest BCUT2D eigenvalue weighted by Gasteiger charge is -2.19. The summed E-state index contributed by atoms with van der Waals surface area (Å²) in [5.74, 6) is -0.621. The average Bonchev–Trinajstić information content (AvgIpc) is 3.02. The summed E-state index contributed by atoms with van der Waals surface area (Å²) in [6.45, 7) is 7.86. The van der Waals surface area contributed by atoms with Gasteiger partial charge in [0.1, 0.15) is 16.7 Å². The number of nitrogens with zero attached hydrogens (tertiary/aromatic N) is 2. The summed E-state index contributed by atoms with van der Waals surface area (Å²) in [6.07, 6.45) is 0.618. The number of rotatable bonds is 4. The van der Waals surface area contributed by atoms with E-state index >= 15 is 0 Å². The van der Waals surface area contributed by atoms with E-state index in [0.717, 1.165) is 16.7 Å². The van der Waals surface area contributed by atoms with Gasteiger partial charge in [0.25, 0.3) is 5.91 Å². The van der Waals surface area contributed by atoms with Crippen LogP contribution in [0.3, 0.4) is 0 Å². The van der Waals surface area contributed by atoms with Gasteiger partial charge in [-0.05, 0) is 62.6 Å². The van der Waals surface area contributed by atoms with Crippen molar-refractivity contribution in [2.45, 2.75) is 39.4 Å². The lowest BCUT2D eigenvalue weighted by atomic mass is 10.1. The van der Waals surface area contributed by atoms with E-state index in [0.29, 0.717) is 22.8 Å². The number of hydrogen-bond donors (Lipinski definition) is 1. The molecular formula is C23H23N3O2S. The van der Waals surface area contributed by atoms with Gasteiger partial charge in [0.2, 0.25) is 5.91 Å². The summed E-state index contributed by atoms with van der Waals surface area (Å²) in [4.78, 5) is 27.4. The fourth-order valence-corrected chi connectivity index (χ4v) is 4.25. The van der Waals surface area contributed by atoms with Gasteiger partial charge in [-0.1, -0.05) is 42.4 Å². The van der Waals surface area contributed by atoms with E-state index in [2.05, 4.69) is 5.32 Å². The number of carbonyl (C=O) groups is 2. The maximum atomic E-state index is 13.0. The van der Waals surface area contributed by atoms with Crippen molar-refractivity contribution in [3.05, 3.63) is 69.8 Å². The minimum Gasteiger partial charge on any atom is -0.321 e. The van der Waals surface area contributed by atoms with Crippen LogP contribution in [0.15, 0.2) is 53.1 Å². The third kappa shape index (κ3) is 4.20. The number of carbonyl (C=O) groups excluding carboxylic acids is 2. The number of hydrogen-bond acceptors (Lipinski definition) is 4. The molecule has 0 radical (unpaired) electrons. The molecule has 6 heteroatoms. The molecule has 1 atom stereocenters. The number of nitriles is 1. The Kier molecular flexibility index (Phi) is 6.09. The van der Waals surface area contributed by atoms with Crippen LogP contribution in [-0.4, -0.2) is 17.1 Å². The topological polar surface area (TPSA) is 73.2 Å². The van der Waals surface area contributed by atoms with Crippen LogP contribution in [0.2, 0.25) is 0 Å². The van der Waals surface area contributed by atoms with Crippen molar-refractivity contribution in [3.63, 3.8) is 0 Å². The van der Waals surface area contributed by atoms with Crippen LogP contribution in [0, 0.1) is 32.1 Å². The maximum absolute atomic E-state index is 13.0. The summed E-state index contributed by atoms with van der Waals surface area (Å²) in [5, 5.41) is 12.6. The Balaban J connectivity index is 2.03. The summed E-state index contributed by atoms with van der Waals surface area (Å²) in [7, 11) is 0. The van der Waals surface area contributed by atoms with Crippen molar-refractivity contribution < 1.29 is 9.59 Å². The average molecular weight is 406 g/mol. The number of nitrogens with one attached hydrogen (secondary N) is 1. The Bertz CT molecular complexity index is 1040. The van der Waals surface area contributed by atoms with Crippen LogP contribution in [0.25, 0.3) is 0 Å². The summed E-state index contributed by atoms with van der Waals surface area (Å²) < 4.78 is 0. The van der Waals surface area contributed by atoms with Crippen LogP contribution < -0.4 is 10.2 Å². The van der Waals surface area contributed by atoms with Crippen LogP contribution in [0.5, 0.6) is 0 Å². The number of aryl methyl sites for hydroxylation is 3. The molecule has 2 aromatic carbocycles. The van der Waals surface area contributed by atoms with E-state index in [1.165, 1.54) is 16.7 Å². The van der Waals surface area contributed by atoms with Crippen LogP contribution in [0.4, 0.5) is 11.4 Å². The largest absolute Gasteiger partial charge is 0.321 e. The first-order valence-corrected chi connectivity index (χ1v) is 10.3. The normalized spacial score (nSPS) is 17.8. The molecule has 1 fully saturated rings. The molecule has 148 valence electrons. The molecule has 0 spiro atoms. The highest BCUT2D eigenvalue weighted by Crippen LogP contribution is 2.42. The molecule has 1 aliphatic heterocycles. The highest BCUT2D eigenvalue weighted by atomic mass is 32.2. The van der Waals surface area contributed by atoms with Gasteiger partial charge in [0.15, 0.2) is 0 Å². The second-order valence-electron chi connectivity index (χ2n) is 7.07. The first-order chi connectivity index (χ1) is 13.8.